The highest BCUT2D eigenvalue weighted by Gasteiger charge is 2.28. The first kappa shape index (κ1) is 18.3. The summed E-state index contributed by atoms with van der Waals surface area (Å²) in [6, 6.07) is 9.85. The van der Waals surface area contributed by atoms with Gasteiger partial charge in [0.15, 0.2) is 0 Å². The first-order chi connectivity index (χ1) is 13.5. The molecule has 6 nitrogen and oxygen atoms in total. The summed E-state index contributed by atoms with van der Waals surface area (Å²) in [5.74, 6) is 1.21. The van der Waals surface area contributed by atoms with E-state index in [4.69, 9.17) is 9.51 Å². The van der Waals surface area contributed by atoms with E-state index in [-0.39, 0.29) is 5.91 Å². The third-order valence-electron chi connectivity index (χ3n) is 5.38. The molecule has 0 radical (unpaired) electrons. The van der Waals surface area contributed by atoms with Crippen LogP contribution in [0.25, 0.3) is 11.3 Å². The summed E-state index contributed by atoms with van der Waals surface area (Å²) in [4.78, 5) is 23.8. The Labute approximate surface area is 164 Å². The smallest absolute Gasteiger partial charge is 0.272 e. The van der Waals surface area contributed by atoms with Crippen LogP contribution >= 0.6 is 0 Å². The largest absolute Gasteiger partial charge is 0.361 e. The van der Waals surface area contributed by atoms with Crippen LogP contribution in [0, 0.1) is 26.7 Å². The van der Waals surface area contributed by atoms with Crippen LogP contribution in [0.2, 0.25) is 0 Å². The van der Waals surface area contributed by atoms with Gasteiger partial charge in [0.05, 0.1) is 17.0 Å². The molecule has 6 heteroatoms. The zero-order valence-electron chi connectivity index (χ0n) is 16.5. The summed E-state index contributed by atoms with van der Waals surface area (Å²) in [7, 11) is 0. The minimum atomic E-state index is 0.0260. The van der Waals surface area contributed by atoms with E-state index in [1.807, 2.05) is 49.9 Å². The highest BCUT2D eigenvalue weighted by Crippen LogP contribution is 2.27. The fraction of sp³-hybridized carbons (Fsp3) is 0.364. The van der Waals surface area contributed by atoms with Crippen molar-refractivity contribution in [3.05, 3.63) is 64.9 Å². The summed E-state index contributed by atoms with van der Waals surface area (Å²) < 4.78 is 5.28. The third-order valence-corrected chi connectivity index (χ3v) is 5.38. The monoisotopic (exact) mass is 376 g/mol. The molecule has 4 rings (SSSR count). The van der Waals surface area contributed by atoms with E-state index in [1.165, 1.54) is 0 Å². The number of hydrogen-bond acceptors (Lipinski definition) is 5. The van der Waals surface area contributed by atoms with Gasteiger partial charge >= 0.3 is 0 Å². The van der Waals surface area contributed by atoms with Crippen molar-refractivity contribution >= 4 is 5.91 Å². The van der Waals surface area contributed by atoms with Crippen molar-refractivity contribution in [1.82, 2.24) is 20.0 Å². The lowest BCUT2D eigenvalue weighted by molar-refractivity contribution is 0.0780. The molecule has 1 fully saturated rings. The molecule has 1 amide bonds. The minimum absolute atomic E-state index is 0.0260. The normalized spacial score (nSPS) is 16.5. The quantitative estimate of drug-likeness (QED) is 0.693. The Morgan fingerprint density at radius 2 is 2.07 bits per heavy atom. The van der Waals surface area contributed by atoms with Gasteiger partial charge in [-0.15, -0.1) is 0 Å². The van der Waals surface area contributed by atoms with Crippen LogP contribution in [0.15, 0.2) is 41.1 Å². The summed E-state index contributed by atoms with van der Waals surface area (Å²) in [5.41, 5.74) is 5.22. The lowest BCUT2D eigenvalue weighted by atomic mass is 10.0. The number of likely N-dealkylation sites (tertiary alicyclic amines) is 1. The van der Waals surface area contributed by atoms with Gasteiger partial charge < -0.3 is 9.42 Å². The van der Waals surface area contributed by atoms with E-state index in [9.17, 15) is 4.79 Å². The van der Waals surface area contributed by atoms with Crippen molar-refractivity contribution in [2.75, 3.05) is 13.1 Å². The molecular weight excluding hydrogens is 352 g/mol. The molecule has 144 valence electrons. The predicted molar refractivity (Wildman–Crippen MR) is 106 cm³/mol. The number of carbonyl (C=O) groups excluding carboxylic acids is 1. The molecule has 1 saturated heterocycles. The number of nitrogens with zero attached hydrogens (tertiary/aromatic N) is 4. The molecule has 0 aliphatic carbocycles. The standard InChI is InChI=1S/C22H24N4O2/c1-14-6-5-10-23-21(14)22(27)26-11-9-17(13-26)12-18-7-4-8-19(24-18)20-15(2)25-28-16(20)3/h4-8,10,17H,9,11-13H2,1-3H3/t17-/m0/s1. The van der Waals surface area contributed by atoms with Crippen molar-refractivity contribution in [1.29, 1.82) is 0 Å². The fourth-order valence-corrected chi connectivity index (χ4v) is 3.92. The Balaban J connectivity index is 1.46. The summed E-state index contributed by atoms with van der Waals surface area (Å²) in [5, 5.41) is 4.03. The van der Waals surface area contributed by atoms with Crippen molar-refractivity contribution in [3.63, 3.8) is 0 Å². The maximum absolute atomic E-state index is 12.8. The van der Waals surface area contributed by atoms with Crippen molar-refractivity contribution in [2.24, 2.45) is 5.92 Å². The van der Waals surface area contributed by atoms with Crippen LogP contribution in [-0.4, -0.2) is 39.0 Å². The van der Waals surface area contributed by atoms with E-state index in [2.05, 4.69) is 16.2 Å². The highest BCUT2D eigenvalue weighted by molar-refractivity contribution is 5.93. The number of carbonyl (C=O) groups is 1. The number of hydrogen-bond donors (Lipinski definition) is 0. The molecular formula is C22H24N4O2. The van der Waals surface area contributed by atoms with Gasteiger partial charge in [-0.3, -0.25) is 14.8 Å². The Morgan fingerprint density at radius 3 is 2.82 bits per heavy atom. The number of pyridine rings is 2. The van der Waals surface area contributed by atoms with Gasteiger partial charge in [-0.2, -0.15) is 0 Å². The summed E-state index contributed by atoms with van der Waals surface area (Å²) in [6.07, 6.45) is 3.51. The molecule has 0 saturated carbocycles. The molecule has 0 spiro atoms. The second-order valence-corrected chi connectivity index (χ2v) is 7.49. The van der Waals surface area contributed by atoms with Gasteiger partial charge in [0.2, 0.25) is 0 Å². The summed E-state index contributed by atoms with van der Waals surface area (Å²) in [6.45, 7) is 7.27. The van der Waals surface area contributed by atoms with Crippen LogP contribution < -0.4 is 0 Å². The highest BCUT2D eigenvalue weighted by atomic mass is 16.5. The zero-order valence-corrected chi connectivity index (χ0v) is 16.5. The lowest BCUT2D eigenvalue weighted by Gasteiger charge is -2.17. The van der Waals surface area contributed by atoms with Gasteiger partial charge in [0.1, 0.15) is 11.5 Å². The van der Waals surface area contributed by atoms with Crippen LogP contribution in [-0.2, 0) is 6.42 Å². The van der Waals surface area contributed by atoms with Crippen molar-refractivity contribution in [3.8, 4) is 11.3 Å². The average molecular weight is 376 g/mol. The molecule has 0 bridgehead atoms. The minimum Gasteiger partial charge on any atom is -0.361 e. The molecule has 1 aliphatic rings. The third kappa shape index (κ3) is 3.54. The Hall–Kier alpha value is -3.02. The van der Waals surface area contributed by atoms with Gasteiger partial charge in [0, 0.05) is 25.0 Å². The predicted octanol–water partition coefficient (Wildman–Crippen LogP) is 3.76. The van der Waals surface area contributed by atoms with E-state index in [0.29, 0.717) is 11.6 Å². The average Bonchev–Trinajstić information content (AvgIpc) is 3.28. The topological polar surface area (TPSA) is 72.1 Å². The molecule has 0 N–H and O–H groups in total. The van der Waals surface area contributed by atoms with Crippen molar-refractivity contribution in [2.45, 2.75) is 33.6 Å². The van der Waals surface area contributed by atoms with E-state index < -0.39 is 0 Å². The maximum atomic E-state index is 12.8. The lowest BCUT2D eigenvalue weighted by Crippen LogP contribution is -2.30. The Morgan fingerprint density at radius 1 is 1.21 bits per heavy atom. The van der Waals surface area contributed by atoms with Crippen molar-refractivity contribution < 1.29 is 9.32 Å². The fourth-order valence-electron chi connectivity index (χ4n) is 3.92. The van der Waals surface area contributed by atoms with E-state index in [1.54, 1.807) is 6.20 Å². The van der Waals surface area contributed by atoms with Crippen LogP contribution in [0.5, 0.6) is 0 Å². The maximum Gasteiger partial charge on any atom is 0.272 e. The second kappa shape index (κ2) is 7.54. The molecule has 1 atom stereocenters. The Kier molecular flexibility index (Phi) is 4.94. The first-order valence-electron chi connectivity index (χ1n) is 9.63. The molecule has 1 aliphatic heterocycles. The van der Waals surface area contributed by atoms with Gasteiger partial charge in [0.25, 0.3) is 5.91 Å². The van der Waals surface area contributed by atoms with Crippen LogP contribution in [0.4, 0.5) is 0 Å². The molecule has 4 heterocycles. The van der Waals surface area contributed by atoms with Crippen LogP contribution in [0.3, 0.4) is 0 Å². The molecule has 3 aromatic rings. The first-order valence-corrected chi connectivity index (χ1v) is 9.63. The van der Waals surface area contributed by atoms with Crippen LogP contribution in [0.1, 0.15) is 39.6 Å². The number of aryl methyl sites for hydroxylation is 3. The van der Waals surface area contributed by atoms with E-state index >= 15 is 0 Å². The number of aromatic nitrogens is 3. The summed E-state index contributed by atoms with van der Waals surface area (Å²) >= 11 is 0. The Bertz CT molecular complexity index is 992. The molecule has 28 heavy (non-hydrogen) atoms. The van der Waals surface area contributed by atoms with Gasteiger partial charge in [-0.05, 0) is 63.3 Å². The SMILES string of the molecule is Cc1cccnc1C(=O)N1CC[C@@H](Cc2cccc(-c3c(C)noc3C)n2)C1. The number of rotatable bonds is 4. The van der Waals surface area contributed by atoms with Gasteiger partial charge in [-0.25, -0.2) is 0 Å². The number of amides is 1. The molecule has 3 aromatic heterocycles. The molecule has 0 unspecified atom stereocenters. The van der Waals surface area contributed by atoms with Gasteiger partial charge in [-0.1, -0.05) is 17.3 Å². The van der Waals surface area contributed by atoms with E-state index in [0.717, 1.165) is 59.9 Å². The second-order valence-electron chi connectivity index (χ2n) is 7.49. The zero-order chi connectivity index (χ0) is 19.7. The molecule has 0 aromatic carbocycles.